The largest absolute Gasteiger partial charge is 0.382 e. The number of rotatable bonds is 6. The van der Waals surface area contributed by atoms with Gasteiger partial charge in [0.2, 0.25) is 11.8 Å². The van der Waals surface area contributed by atoms with Crippen LogP contribution in [0, 0.1) is 0 Å². The molecule has 3 N–H and O–H groups in total. The SMILES string of the molecule is COC1CC(CNC(C)=O)N(C(=O)CCn2cnc3c(N)ncnc32)C1. The Morgan fingerprint density at radius 3 is 2.92 bits per heavy atom. The molecule has 2 aromatic heterocycles. The maximum Gasteiger partial charge on any atom is 0.224 e. The molecule has 0 aliphatic carbocycles. The third kappa shape index (κ3) is 3.74. The average Bonchev–Trinajstić information content (AvgIpc) is 3.22. The van der Waals surface area contributed by atoms with Gasteiger partial charge in [0, 0.05) is 40.1 Å². The second-order valence-electron chi connectivity index (χ2n) is 6.35. The van der Waals surface area contributed by atoms with Crippen molar-refractivity contribution >= 4 is 28.8 Å². The number of methoxy groups -OCH3 is 1. The number of likely N-dealkylation sites (tertiary alicyclic amines) is 1. The zero-order valence-electron chi connectivity index (χ0n) is 14.9. The van der Waals surface area contributed by atoms with Crippen molar-refractivity contribution in [1.29, 1.82) is 0 Å². The number of nitrogens with two attached hydrogens (primary N) is 1. The number of carbonyl (C=O) groups is 2. The number of nitrogens with zero attached hydrogens (tertiary/aromatic N) is 5. The van der Waals surface area contributed by atoms with Crippen molar-refractivity contribution in [3.63, 3.8) is 0 Å². The van der Waals surface area contributed by atoms with Crippen LogP contribution in [0.2, 0.25) is 0 Å². The van der Waals surface area contributed by atoms with Crippen molar-refractivity contribution in [1.82, 2.24) is 29.7 Å². The van der Waals surface area contributed by atoms with Crippen LogP contribution >= 0.6 is 0 Å². The summed E-state index contributed by atoms with van der Waals surface area (Å²) in [6.07, 6.45) is 3.98. The van der Waals surface area contributed by atoms with E-state index in [0.29, 0.717) is 49.5 Å². The van der Waals surface area contributed by atoms with E-state index in [0.717, 1.165) is 0 Å². The third-order valence-corrected chi connectivity index (χ3v) is 4.61. The molecular weight excluding hydrogens is 338 g/mol. The fourth-order valence-electron chi connectivity index (χ4n) is 3.23. The summed E-state index contributed by atoms with van der Waals surface area (Å²) >= 11 is 0. The highest BCUT2D eigenvalue weighted by Gasteiger charge is 2.35. The molecule has 10 nitrogen and oxygen atoms in total. The fourth-order valence-corrected chi connectivity index (χ4v) is 3.23. The van der Waals surface area contributed by atoms with Crippen LogP contribution in [-0.2, 0) is 20.9 Å². The summed E-state index contributed by atoms with van der Waals surface area (Å²) in [5.41, 5.74) is 6.92. The Morgan fingerprint density at radius 1 is 1.38 bits per heavy atom. The van der Waals surface area contributed by atoms with E-state index in [-0.39, 0.29) is 24.0 Å². The van der Waals surface area contributed by atoms with E-state index in [9.17, 15) is 9.59 Å². The van der Waals surface area contributed by atoms with Gasteiger partial charge in [-0.05, 0) is 6.42 Å². The number of nitrogens with one attached hydrogen (secondary N) is 1. The van der Waals surface area contributed by atoms with E-state index >= 15 is 0 Å². The van der Waals surface area contributed by atoms with Crippen LogP contribution in [-0.4, -0.2) is 68.6 Å². The summed E-state index contributed by atoms with van der Waals surface area (Å²) in [4.78, 5) is 38.0. The fraction of sp³-hybridized carbons (Fsp3) is 0.562. The van der Waals surface area contributed by atoms with Gasteiger partial charge < -0.3 is 25.3 Å². The van der Waals surface area contributed by atoms with Gasteiger partial charge in [0.25, 0.3) is 0 Å². The highest BCUT2D eigenvalue weighted by atomic mass is 16.5. The molecule has 3 rings (SSSR count). The average molecular weight is 361 g/mol. The monoisotopic (exact) mass is 361 g/mol. The third-order valence-electron chi connectivity index (χ3n) is 4.61. The van der Waals surface area contributed by atoms with Gasteiger partial charge in [0.1, 0.15) is 11.8 Å². The van der Waals surface area contributed by atoms with E-state index in [4.69, 9.17) is 10.5 Å². The summed E-state index contributed by atoms with van der Waals surface area (Å²) in [5.74, 6) is 0.210. The quantitative estimate of drug-likeness (QED) is 0.713. The number of hydrogen-bond donors (Lipinski definition) is 2. The van der Waals surface area contributed by atoms with Gasteiger partial charge in [-0.25, -0.2) is 15.0 Å². The van der Waals surface area contributed by atoms with Gasteiger partial charge in [0.15, 0.2) is 11.5 Å². The molecule has 10 heteroatoms. The standard InChI is InChI=1S/C16H23N7O3/c1-10(24)18-6-11-5-12(26-2)7-23(11)13(25)3-4-22-9-21-14-15(17)19-8-20-16(14)22/h8-9,11-12H,3-7H2,1-2H3,(H,18,24)(H2,17,19,20). The Morgan fingerprint density at radius 2 is 2.19 bits per heavy atom. The van der Waals surface area contributed by atoms with E-state index in [1.807, 2.05) is 0 Å². The minimum absolute atomic E-state index is 0.00350. The first-order chi connectivity index (χ1) is 12.5. The highest BCUT2D eigenvalue weighted by Crippen LogP contribution is 2.21. The molecule has 0 saturated carbocycles. The molecule has 3 heterocycles. The first kappa shape index (κ1) is 18.1. The molecule has 2 aromatic rings. The maximum absolute atomic E-state index is 12.7. The second kappa shape index (κ2) is 7.65. The van der Waals surface area contributed by atoms with Crippen LogP contribution in [0.3, 0.4) is 0 Å². The Balaban J connectivity index is 1.65. The molecule has 26 heavy (non-hydrogen) atoms. The number of aromatic nitrogens is 4. The van der Waals surface area contributed by atoms with Crippen molar-refractivity contribution in [2.24, 2.45) is 0 Å². The molecule has 140 valence electrons. The van der Waals surface area contributed by atoms with Crippen LogP contribution in [0.1, 0.15) is 19.8 Å². The van der Waals surface area contributed by atoms with Gasteiger partial charge >= 0.3 is 0 Å². The van der Waals surface area contributed by atoms with Crippen molar-refractivity contribution in [3.05, 3.63) is 12.7 Å². The van der Waals surface area contributed by atoms with E-state index in [1.165, 1.54) is 13.3 Å². The lowest BCUT2D eigenvalue weighted by Crippen LogP contribution is -2.43. The molecule has 2 unspecified atom stereocenters. The smallest absolute Gasteiger partial charge is 0.224 e. The summed E-state index contributed by atoms with van der Waals surface area (Å²) in [7, 11) is 1.63. The molecule has 0 aromatic carbocycles. The van der Waals surface area contributed by atoms with Crippen molar-refractivity contribution in [2.45, 2.75) is 38.5 Å². The lowest BCUT2D eigenvalue weighted by molar-refractivity contribution is -0.133. The predicted octanol–water partition coefficient (Wildman–Crippen LogP) is -0.449. The molecule has 2 amide bonds. The number of nitrogen functional groups attached to an aromatic ring is 1. The van der Waals surface area contributed by atoms with Gasteiger partial charge in [-0.2, -0.15) is 0 Å². The van der Waals surface area contributed by atoms with Crippen LogP contribution in [0.25, 0.3) is 11.2 Å². The molecule has 0 bridgehead atoms. The molecule has 2 atom stereocenters. The molecule has 1 saturated heterocycles. The summed E-state index contributed by atoms with van der Waals surface area (Å²) < 4.78 is 7.19. The van der Waals surface area contributed by atoms with Crippen LogP contribution in [0.4, 0.5) is 5.82 Å². The van der Waals surface area contributed by atoms with Crippen molar-refractivity contribution in [2.75, 3.05) is 25.9 Å². The Kier molecular flexibility index (Phi) is 5.31. The van der Waals surface area contributed by atoms with Gasteiger partial charge in [-0.3, -0.25) is 9.59 Å². The minimum atomic E-state index is -0.111. The molecule has 1 fully saturated rings. The van der Waals surface area contributed by atoms with Gasteiger partial charge in [-0.15, -0.1) is 0 Å². The molecule has 1 aliphatic rings. The Labute approximate surface area is 150 Å². The number of amides is 2. The van der Waals surface area contributed by atoms with E-state index in [1.54, 1.807) is 22.9 Å². The highest BCUT2D eigenvalue weighted by molar-refractivity contribution is 5.81. The van der Waals surface area contributed by atoms with Crippen LogP contribution in [0.15, 0.2) is 12.7 Å². The zero-order chi connectivity index (χ0) is 18.7. The molecule has 1 aliphatic heterocycles. The Hall–Kier alpha value is -2.75. The zero-order valence-corrected chi connectivity index (χ0v) is 14.9. The lowest BCUT2D eigenvalue weighted by Gasteiger charge is -2.24. The molecule has 0 radical (unpaired) electrons. The molecular formula is C16H23N7O3. The predicted molar refractivity (Wildman–Crippen MR) is 94.0 cm³/mol. The first-order valence-corrected chi connectivity index (χ1v) is 8.47. The summed E-state index contributed by atoms with van der Waals surface area (Å²) in [5, 5.41) is 2.78. The topological polar surface area (TPSA) is 128 Å². The normalized spacial score (nSPS) is 19.8. The van der Waals surface area contributed by atoms with Crippen molar-refractivity contribution in [3.8, 4) is 0 Å². The second-order valence-corrected chi connectivity index (χ2v) is 6.35. The van der Waals surface area contributed by atoms with E-state index < -0.39 is 0 Å². The lowest BCUT2D eigenvalue weighted by atomic mass is 10.2. The first-order valence-electron chi connectivity index (χ1n) is 8.47. The number of hydrogen-bond acceptors (Lipinski definition) is 7. The molecule has 0 spiro atoms. The van der Waals surface area contributed by atoms with Crippen LogP contribution in [0.5, 0.6) is 0 Å². The summed E-state index contributed by atoms with van der Waals surface area (Å²) in [6.45, 7) is 2.86. The number of fused-ring (bicyclic) bond motifs is 1. The van der Waals surface area contributed by atoms with E-state index in [2.05, 4.69) is 20.3 Å². The Bertz CT molecular complexity index is 806. The van der Waals surface area contributed by atoms with Gasteiger partial charge in [0.05, 0.1) is 18.5 Å². The number of ether oxygens (including phenoxy) is 1. The number of aryl methyl sites for hydroxylation is 1. The van der Waals surface area contributed by atoms with Crippen molar-refractivity contribution < 1.29 is 14.3 Å². The number of imidazole rings is 1. The minimum Gasteiger partial charge on any atom is -0.382 e. The summed E-state index contributed by atoms with van der Waals surface area (Å²) in [6, 6.07) is -0.0612. The maximum atomic E-state index is 12.7. The van der Waals surface area contributed by atoms with Crippen LogP contribution < -0.4 is 11.1 Å². The number of carbonyl (C=O) groups excluding carboxylic acids is 2. The van der Waals surface area contributed by atoms with Gasteiger partial charge in [-0.1, -0.05) is 0 Å². The number of anilines is 1.